The zero-order chi connectivity index (χ0) is 20.5. The highest BCUT2D eigenvalue weighted by molar-refractivity contribution is 6.02. The summed E-state index contributed by atoms with van der Waals surface area (Å²) < 4.78 is 10.7. The molecule has 2 aromatic carbocycles. The van der Waals surface area contributed by atoms with Crippen molar-refractivity contribution in [3.8, 4) is 5.75 Å². The molecule has 0 spiro atoms. The number of ether oxygens (including phenoxy) is 1. The van der Waals surface area contributed by atoms with Crippen LogP contribution in [0.25, 0.3) is 0 Å². The Bertz CT molecular complexity index is 937. The van der Waals surface area contributed by atoms with Gasteiger partial charge in [0.25, 0.3) is 5.91 Å². The SMILES string of the molecule is Cc1cccc(OCCCNC(=O)Nc2ccc(NC(=O)c3ccco3)cc2)c1. The third-order valence-electron chi connectivity index (χ3n) is 4.01. The second-order valence-electron chi connectivity index (χ2n) is 6.41. The second-order valence-corrected chi connectivity index (χ2v) is 6.41. The second kappa shape index (κ2) is 9.98. The molecule has 3 rings (SSSR count). The number of amides is 3. The fourth-order valence-electron chi connectivity index (χ4n) is 2.58. The number of furan rings is 1. The van der Waals surface area contributed by atoms with Crippen LogP contribution in [0.4, 0.5) is 16.2 Å². The molecular weight excluding hydrogens is 370 g/mol. The van der Waals surface area contributed by atoms with Crippen LogP contribution in [0.2, 0.25) is 0 Å². The van der Waals surface area contributed by atoms with Crippen LogP contribution in [-0.2, 0) is 0 Å². The van der Waals surface area contributed by atoms with Crippen molar-refractivity contribution in [3.05, 3.63) is 78.3 Å². The number of hydrogen-bond donors (Lipinski definition) is 3. The normalized spacial score (nSPS) is 10.2. The molecule has 3 amide bonds. The van der Waals surface area contributed by atoms with Crippen LogP contribution in [0.3, 0.4) is 0 Å². The summed E-state index contributed by atoms with van der Waals surface area (Å²) in [6.07, 6.45) is 2.13. The number of carbonyl (C=O) groups excluding carboxylic acids is 2. The van der Waals surface area contributed by atoms with Gasteiger partial charge in [-0.25, -0.2) is 4.79 Å². The lowest BCUT2D eigenvalue weighted by Gasteiger charge is -2.10. The number of carbonyl (C=O) groups is 2. The van der Waals surface area contributed by atoms with E-state index in [1.54, 1.807) is 36.4 Å². The minimum atomic E-state index is -0.332. The van der Waals surface area contributed by atoms with Crippen molar-refractivity contribution in [1.29, 1.82) is 0 Å². The van der Waals surface area contributed by atoms with E-state index in [1.807, 2.05) is 31.2 Å². The summed E-state index contributed by atoms with van der Waals surface area (Å²) in [4.78, 5) is 23.9. The Balaban J connectivity index is 1.35. The van der Waals surface area contributed by atoms with Crippen molar-refractivity contribution in [2.45, 2.75) is 13.3 Å². The van der Waals surface area contributed by atoms with E-state index in [2.05, 4.69) is 16.0 Å². The molecule has 0 aliphatic rings. The molecule has 7 nitrogen and oxygen atoms in total. The average molecular weight is 393 g/mol. The van der Waals surface area contributed by atoms with E-state index in [4.69, 9.17) is 9.15 Å². The molecule has 0 aliphatic carbocycles. The van der Waals surface area contributed by atoms with Crippen LogP contribution in [0.1, 0.15) is 22.5 Å². The quantitative estimate of drug-likeness (QED) is 0.494. The average Bonchev–Trinajstić information content (AvgIpc) is 3.24. The fraction of sp³-hybridized carbons (Fsp3) is 0.182. The smallest absolute Gasteiger partial charge is 0.319 e. The highest BCUT2D eigenvalue weighted by Crippen LogP contribution is 2.15. The maximum absolute atomic E-state index is 12.0. The first-order valence-corrected chi connectivity index (χ1v) is 9.29. The highest BCUT2D eigenvalue weighted by atomic mass is 16.5. The van der Waals surface area contributed by atoms with Gasteiger partial charge in [0.05, 0.1) is 12.9 Å². The Morgan fingerprint density at radius 1 is 0.966 bits per heavy atom. The van der Waals surface area contributed by atoms with Crippen LogP contribution in [0.5, 0.6) is 5.75 Å². The summed E-state index contributed by atoms with van der Waals surface area (Å²) >= 11 is 0. The van der Waals surface area contributed by atoms with Gasteiger partial charge in [-0.1, -0.05) is 12.1 Å². The molecule has 0 fully saturated rings. The number of aryl methyl sites for hydroxylation is 1. The first-order chi connectivity index (χ1) is 14.1. The monoisotopic (exact) mass is 393 g/mol. The summed E-state index contributed by atoms with van der Waals surface area (Å²) in [5.41, 5.74) is 2.37. The fourth-order valence-corrected chi connectivity index (χ4v) is 2.58. The van der Waals surface area contributed by atoms with Crippen molar-refractivity contribution >= 4 is 23.3 Å². The predicted octanol–water partition coefficient (Wildman–Crippen LogP) is 4.43. The minimum Gasteiger partial charge on any atom is -0.494 e. The van der Waals surface area contributed by atoms with Crippen LogP contribution in [0.15, 0.2) is 71.3 Å². The first-order valence-electron chi connectivity index (χ1n) is 9.29. The molecule has 1 heterocycles. The largest absolute Gasteiger partial charge is 0.494 e. The molecule has 3 N–H and O–H groups in total. The summed E-state index contributed by atoms with van der Waals surface area (Å²) in [5, 5.41) is 8.24. The molecule has 3 aromatic rings. The first kappa shape index (κ1) is 20.0. The summed E-state index contributed by atoms with van der Waals surface area (Å²) in [6, 6.07) is 17.6. The Morgan fingerprint density at radius 2 is 1.72 bits per heavy atom. The Labute approximate surface area is 169 Å². The van der Waals surface area contributed by atoms with Gasteiger partial charge in [-0.3, -0.25) is 4.79 Å². The molecule has 7 heteroatoms. The van der Waals surface area contributed by atoms with Gasteiger partial charge in [-0.2, -0.15) is 0 Å². The van der Waals surface area contributed by atoms with Gasteiger partial charge in [0.1, 0.15) is 5.75 Å². The van der Waals surface area contributed by atoms with Crippen LogP contribution >= 0.6 is 0 Å². The van der Waals surface area contributed by atoms with Crippen molar-refractivity contribution in [1.82, 2.24) is 5.32 Å². The lowest BCUT2D eigenvalue weighted by molar-refractivity contribution is 0.0996. The maximum Gasteiger partial charge on any atom is 0.319 e. The number of benzene rings is 2. The summed E-state index contributed by atoms with van der Waals surface area (Å²) in [6.45, 7) is 3.03. The number of rotatable bonds is 8. The van der Waals surface area contributed by atoms with Gasteiger partial charge in [-0.15, -0.1) is 0 Å². The van der Waals surface area contributed by atoms with E-state index < -0.39 is 0 Å². The van der Waals surface area contributed by atoms with Crippen molar-refractivity contribution < 1.29 is 18.7 Å². The third-order valence-corrected chi connectivity index (χ3v) is 4.01. The molecule has 150 valence electrons. The van der Waals surface area contributed by atoms with Gasteiger partial charge >= 0.3 is 6.03 Å². The molecule has 0 unspecified atom stereocenters. The summed E-state index contributed by atoms with van der Waals surface area (Å²) in [7, 11) is 0. The van der Waals surface area contributed by atoms with E-state index in [9.17, 15) is 9.59 Å². The topological polar surface area (TPSA) is 92.6 Å². The number of nitrogens with one attached hydrogen (secondary N) is 3. The molecule has 0 saturated carbocycles. The van der Waals surface area contributed by atoms with Crippen molar-refractivity contribution in [2.75, 3.05) is 23.8 Å². The molecule has 0 atom stereocenters. The van der Waals surface area contributed by atoms with Crippen LogP contribution in [0, 0.1) is 6.92 Å². The van der Waals surface area contributed by atoms with Gasteiger partial charge in [0.2, 0.25) is 0 Å². The highest BCUT2D eigenvalue weighted by Gasteiger charge is 2.08. The van der Waals surface area contributed by atoms with E-state index in [-0.39, 0.29) is 17.7 Å². The number of hydrogen-bond acceptors (Lipinski definition) is 4. The Morgan fingerprint density at radius 3 is 2.41 bits per heavy atom. The van der Waals surface area contributed by atoms with Crippen LogP contribution < -0.4 is 20.7 Å². The van der Waals surface area contributed by atoms with E-state index >= 15 is 0 Å². The van der Waals surface area contributed by atoms with Crippen molar-refractivity contribution in [3.63, 3.8) is 0 Å². The minimum absolute atomic E-state index is 0.234. The van der Waals surface area contributed by atoms with Gasteiger partial charge in [0, 0.05) is 17.9 Å². The maximum atomic E-state index is 12.0. The molecular formula is C22H23N3O4. The van der Waals surface area contributed by atoms with Gasteiger partial charge < -0.3 is 25.1 Å². The molecule has 0 bridgehead atoms. The lowest BCUT2D eigenvalue weighted by atomic mass is 10.2. The molecule has 0 saturated heterocycles. The third kappa shape index (κ3) is 6.42. The van der Waals surface area contributed by atoms with E-state index in [1.165, 1.54) is 6.26 Å². The lowest BCUT2D eigenvalue weighted by Crippen LogP contribution is -2.30. The van der Waals surface area contributed by atoms with Gasteiger partial charge in [-0.05, 0) is 67.4 Å². The zero-order valence-corrected chi connectivity index (χ0v) is 16.1. The number of urea groups is 1. The Hall–Kier alpha value is -3.74. The van der Waals surface area contributed by atoms with Gasteiger partial charge in [0.15, 0.2) is 5.76 Å². The predicted molar refractivity (Wildman–Crippen MR) is 111 cm³/mol. The summed E-state index contributed by atoms with van der Waals surface area (Å²) in [5.74, 6) is 0.730. The molecule has 1 aromatic heterocycles. The molecule has 0 aliphatic heterocycles. The van der Waals surface area contributed by atoms with E-state index in [0.29, 0.717) is 30.9 Å². The van der Waals surface area contributed by atoms with E-state index in [0.717, 1.165) is 11.3 Å². The van der Waals surface area contributed by atoms with Crippen molar-refractivity contribution in [2.24, 2.45) is 0 Å². The molecule has 0 radical (unpaired) electrons. The van der Waals surface area contributed by atoms with Crippen LogP contribution in [-0.4, -0.2) is 25.1 Å². The Kier molecular flexibility index (Phi) is 6.89. The number of anilines is 2. The zero-order valence-electron chi connectivity index (χ0n) is 16.1. The standard InChI is InChI=1S/C22H23N3O4/c1-16-5-2-6-19(15-16)28-14-4-12-23-22(27)25-18-10-8-17(9-11-18)24-21(26)20-7-3-13-29-20/h2-3,5-11,13,15H,4,12,14H2,1H3,(H,24,26)(H2,23,25,27). The molecule has 29 heavy (non-hydrogen) atoms.